The van der Waals surface area contributed by atoms with Crippen molar-refractivity contribution < 1.29 is 15.0 Å². The number of nitrogens with one attached hydrogen (secondary N) is 1. The number of unbranched alkanes of at least 4 members (excludes halogenated alkanes) is 27. The van der Waals surface area contributed by atoms with Gasteiger partial charge in [0.15, 0.2) is 0 Å². The van der Waals surface area contributed by atoms with Crippen LogP contribution in [0, 0.1) is 0 Å². The Morgan fingerprint density at radius 1 is 0.444 bits per heavy atom. The van der Waals surface area contributed by atoms with Crippen molar-refractivity contribution in [2.45, 2.75) is 244 Å². The molecule has 0 heterocycles. The Balaban J connectivity index is 3.62. The molecule has 0 rings (SSSR count). The Kier molecular flexibility index (Phi) is 43.9. The number of carbonyl (C=O) groups is 1. The molecule has 0 saturated heterocycles. The first-order chi connectivity index (χ1) is 26.7. The summed E-state index contributed by atoms with van der Waals surface area (Å²) in [5, 5.41) is 23.0. The van der Waals surface area contributed by atoms with Crippen LogP contribution in [0.4, 0.5) is 0 Å². The quantitative estimate of drug-likeness (QED) is 0.0429. The Morgan fingerprint density at radius 3 is 1.22 bits per heavy atom. The molecule has 0 aromatic rings. The predicted octanol–water partition coefficient (Wildman–Crippen LogP) is 14.9. The van der Waals surface area contributed by atoms with Gasteiger partial charge < -0.3 is 15.5 Å². The first kappa shape index (κ1) is 52.1. The van der Waals surface area contributed by atoms with Crippen LogP contribution in [0.1, 0.15) is 232 Å². The Hall–Kier alpha value is -1.91. The molecule has 54 heavy (non-hydrogen) atoms. The molecule has 1 amide bonds. The van der Waals surface area contributed by atoms with Crippen molar-refractivity contribution in [1.29, 1.82) is 0 Å². The molecule has 0 radical (unpaired) electrons. The number of rotatable bonds is 42. The van der Waals surface area contributed by atoms with Gasteiger partial charge in [-0.25, -0.2) is 0 Å². The zero-order valence-corrected chi connectivity index (χ0v) is 36.0. The zero-order valence-electron chi connectivity index (χ0n) is 36.0. The van der Waals surface area contributed by atoms with E-state index < -0.39 is 12.1 Å². The first-order valence-corrected chi connectivity index (χ1v) is 23.5. The molecule has 0 aromatic heterocycles. The van der Waals surface area contributed by atoms with E-state index in [2.05, 4.69) is 67.8 Å². The van der Waals surface area contributed by atoms with Gasteiger partial charge in [-0.1, -0.05) is 209 Å². The van der Waals surface area contributed by atoms with E-state index in [1.165, 1.54) is 154 Å². The summed E-state index contributed by atoms with van der Waals surface area (Å²) < 4.78 is 0. The van der Waals surface area contributed by atoms with Gasteiger partial charge >= 0.3 is 0 Å². The number of aliphatic hydroxyl groups is 2. The largest absolute Gasteiger partial charge is 0.394 e. The van der Waals surface area contributed by atoms with Crippen LogP contribution in [-0.4, -0.2) is 34.9 Å². The van der Waals surface area contributed by atoms with Crippen molar-refractivity contribution in [3.63, 3.8) is 0 Å². The lowest BCUT2D eigenvalue weighted by molar-refractivity contribution is -0.123. The average molecular weight is 754 g/mol. The fourth-order valence-corrected chi connectivity index (χ4v) is 6.83. The SMILES string of the molecule is CCCCC/C=C\C/C=C\CCCCCCCC(=O)NC(CO)C(O)/C=C/CC/C=C/CC/C=C/CCCCCCCCCCCCCCCCCCC. The van der Waals surface area contributed by atoms with Gasteiger partial charge in [-0.05, 0) is 77.0 Å². The molecule has 314 valence electrons. The van der Waals surface area contributed by atoms with Gasteiger partial charge in [0.05, 0.1) is 18.8 Å². The summed E-state index contributed by atoms with van der Waals surface area (Å²) in [6, 6.07) is -0.655. The molecule has 0 aliphatic heterocycles. The van der Waals surface area contributed by atoms with Crippen LogP contribution in [0.3, 0.4) is 0 Å². The highest BCUT2D eigenvalue weighted by atomic mass is 16.3. The molecule has 0 saturated carbocycles. The normalized spacial score (nSPS) is 13.5. The van der Waals surface area contributed by atoms with Gasteiger partial charge in [-0.3, -0.25) is 4.79 Å². The molecule has 4 heteroatoms. The van der Waals surface area contributed by atoms with Gasteiger partial charge in [0.2, 0.25) is 5.91 Å². The second kappa shape index (κ2) is 45.5. The minimum Gasteiger partial charge on any atom is -0.394 e. The van der Waals surface area contributed by atoms with Crippen molar-refractivity contribution in [3.05, 3.63) is 60.8 Å². The summed E-state index contributed by atoms with van der Waals surface area (Å²) in [5.74, 6) is -0.0932. The Bertz CT molecular complexity index is 904. The molecule has 0 aliphatic carbocycles. The van der Waals surface area contributed by atoms with Crippen LogP contribution in [0.25, 0.3) is 0 Å². The third-order valence-electron chi connectivity index (χ3n) is 10.5. The van der Waals surface area contributed by atoms with Gasteiger partial charge in [0.1, 0.15) is 0 Å². The third-order valence-corrected chi connectivity index (χ3v) is 10.5. The Morgan fingerprint density at radius 2 is 0.778 bits per heavy atom. The first-order valence-electron chi connectivity index (χ1n) is 23.5. The smallest absolute Gasteiger partial charge is 0.220 e. The minimum absolute atomic E-state index is 0.0932. The highest BCUT2D eigenvalue weighted by Crippen LogP contribution is 2.15. The van der Waals surface area contributed by atoms with Crippen LogP contribution in [0.5, 0.6) is 0 Å². The second-order valence-corrected chi connectivity index (χ2v) is 15.8. The number of hydrogen-bond acceptors (Lipinski definition) is 3. The molecule has 2 atom stereocenters. The lowest BCUT2D eigenvalue weighted by Crippen LogP contribution is -2.45. The van der Waals surface area contributed by atoms with Crippen LogP contribution >= 0.6 is 0 Å². The topological polar surface area (TPSA) is 69.6 Å². The maximum absolute atomic E-state index is 12.4. The van der Waals surface area contributed by atoms with Crippen molar-refractivity contribution in [2.75, 3.05) is 6.61 Å². The van der Waals surface area contributed by atoms with Crippen molar-refractivity contribution >= 4 is 5.91 Å². The van der Waals surface area contributed by atoms with E-state index in [1.54, 1.807) is 6.08 Å². The molecule has 3 N–H and O–H groups in total. The highest BCUT2D eigenvalue weighted by molar-refractivity contribution is 5.76. The summed E-state index contributed by atoms with van der Waals surface area (Å²) >= 11 is 0. The molecular formula is C50H91NO3. The lowest BCUT2D eigenvalue weighted by atomic mass is 10.0. The van der Waals surface area contributed by atoms with Gasteiger partial charge in [-0.15, -0.1) is 0 Å². The molecule has 2 unspecified atom stereocenters. The monoisotopic (exact) mass is 754 g/mol. The molecule has 4 nitrogen and oxygen atoms in total. The average Bonchev–Trinajstić information content (AvgIpc) is 3.18. The maximum atomic E-state index is 12.4. The van der Waals surface area contributed by atoms with E-state index in [1.807, 2.05) is 6.08 Å². The van der Waals surface area contributed by atoms with E-state index in [4.69, 9.17) is 0 Å². The van der Waals surface area contributed by atoms with Gasteiger partial charge in [0, 0.05) is 6.42 Å². The second-order valence-electron chi connectivity index (χ2n) is 15.8. The number of allylic oxidation sites excluding steroid dienone is 9. The molecule has 0 fully saturated rings. The van der Waals surface area contributed by atoms with Crippen molar-refractivity contribution in [3.8, 4) is 0 Å². The van der Waals surface area contributed by atoms with E-state index in [9.17, 15) is 15.0 Å². The summed E-state index contributed by atoms with van der Waals surface area (Å²) in [4.78, 5) is 12.4. The molecule has 0 aromatic carbocycles. The fourth-order valence-electron chi connectivity index (χ4n) is 6.83. The van der Waals surface area contributed by atoms with Crippen molar-refractivity contribution in [1.82, 2.24) is 5.32 Å². The van der Waals surface area contributed by atoms with Crippen LogP contribution in [0.2, 0.25) is 0 Å². The third kappa shape index (κ3) is 41.3. The fraction of sp³-hybridized carbons (Fsp3) is 0.780. The zero-order chi connectivity index (χ0) is 39.3. The summed E-state index contributed by atoms with van der Waals surface area (Å²) in [6.45, 7) is 4.26. The Labute approximate surface area is 336 Å². The number of aliphatic hydroxyl groups excluding tert-OH is 2. The maximum Gasteiger partial charge on any atom is 0.220 e. The van der Waals surface area contributed by atoms with E-state index in [0.717, 1.165) is 57.8 Å². The summed E-state index contributed by atoms with van der Waals surface area (Å²) in [5.41, 5.74) is 0. The van der Waals surface area contributed by atoms with Crippen LogP contribution < -0.4 is 5.32 Å². The highest BCUT2D eigenvalue weighted by Gasteiger charge is 2.17. The van der Waals surface area contributed by atoms with Gasteiger partial charge in [0.25, 0.3) is 0 Å². The number of amides is 1. The van der Waals surface area contributed by atoms with E-state index in [0.29, 0.717) is 6.42 Å². The molecular weight excluding hydrogens is 663 g/mol. The van der Waals surface area contributed by atoms with Crippen LogP contribution in [0.15, 0.2) is 60.8 Å². The van der Waals surface area contributed by atoms with Crippen molar-refractivity contribution in [2.24, 2.45) is 0 Å². The minimum atomic E-state index is -0.878. The van der Waals surface area contributed by atoms with E-state index in [-0.39, 0.29) is 12.5 Å². The van der Waals surface area contributed by atoms with Crippen LogP contribution in [-0.2, 0) is 4.79 Å². The molecule has 0 aliphatic rings. The summed E-state index contributed by atoms with van der Waals surface area (Å²) in [7, 11) is 0. The predicted molar refractivity (Wildman–Crippen MR) is 239 cm³/mol. The molecule has 0 spiro atoms. The molecule has 0 bridgehead atoms. The van der Waals surface area contributed by atoms with Gasteiger partial charge in [-0.2, -0.15) is 0 Å². The van der Waals surface area contributed by atoms with E-state index >= 15 is 0 Å². The number of hydrogen-bond donors (Lipinski definition) is 3. The standard InChI is InChI=1S/C50H91NO3/c1-3-5-7-9-11-13-15-17-19-20-21-22-23-24-25-26-27-28-29-30-32-33-35-37-39-41-43-45-49(53)48(47-52)51-50(54)46-44-42-40-38-36-34-31-18-16-14-12-10-8-6-4-2/h12,14,18,29-31,35,37,43,45,48-49,52-53H,3-11,13,15-17,19-28,32-34,36,38-42,44,46-47H2,1-2H3,(H,51,54)/b14-12-,30-29+,31-18-,37-35+,45-43+. The summed E-state index contributed by atoms with van der Waals surface area (Å²) in [6.07, 6.45) is 63.5. The lowest BCUT2D eigenvalue weighted by Gasteiger charge is -2.19. The number of carbonyl (C=O) groups excluding carboxylic acids is 1.